The summed E-state index contributed by atoms with van der Waals surface area (Å²) in [7, 11) is 0. The van der Waals surface area contributed by atoms with E-state index in [0.717, 1.165) is 12.8 Å². The highest BCUT2D eigenvalue weighted by Crippen LogP contribution is 2.23. The lowest BCUT2D eigenvalue weighted by Crippen LogP contribution is -2.36. The lowest BCUT2D eigenvalue weighted by molar-refractivity contribution is -0.124. The van der Waals surface area contributed by atoms with Gasteiger partial charge in [-0.25, -0.2) is 4.79 Å². The summed E-state index contributed by atoms with van der Waals surface area (Å²) in [6, 6.07) is 16.6. The molecule has 0 radical (unpaired) electrons. The van der Waals surface area contributed by atoms with Gasteiger partial charge in [-0.1, -0.05) is 41.9 Å². The summed E-state index contributed by atoms with van der Waals surface area (Å²) in [6.45, 7) is 1.57. The Hall–Kier alpha value is -2.79. The fourth-order valence-corrected chi connectivity index (χ4v) is 2.91. The van der Waals surface area contributed by atoms with Gasteiger partial charge in [0.1, 0.15) is 5.58 Å². The van der Waals surface area contributed by atoms with Gasteiger partial charge in [0, 0.05) is 16.5 Å². The standard InChI is InChI=1S/C21H20ClNO4/c1-14(7-8-15-5-3-2-4-6-15)23-20(24)13-26-21(25)19-12-16-11-17(22)9-10-18(16)27-19/h2-6,9-12,14H,7-8,13H2,1H3,(H,23,24)/t14-/m1/s1. The molecule has 5 nitrogen and oxygen atoms in total. The summed E-state index contributed by atoms with van der Waals surface area (Å²) >= 11 is 5.91. The van der Waals surface area contributed by atoms with Crippen LogP contribution in [-0.4, -0.2) is 24.5 Å². The summed E-state index contributed by atoms with van der Waals surface area (Å²) in [5.74, 6) is -0.991. The monoisotopic (exact) mass is 385 g/mol. The van der Waals surface area contributed by atoms with Crippen molar-refractivity contribution in [2.45, 2.75) is 25.8 Å². The number of aryl methyl sites for hydroxylation is 1. The maximum absolute atomic E-state index is 12.1. The lowest BCUT2D eigenvalue weighted by Gasteiger charge is -2.13. The molecule has 2 aromatic carbocycles. The Bertz CT molecular complexity index is 936. The van der Waals surface area contributed by atoms with Gasteiger partial charge in [-0.2, -0.15) is 0 Å². The van der Waals surface area contributed by atoms with Crippen molar-refractivity contribution < 1.29 is 18.7 Å². The fraction of sp³-hybridized carbons (Fsp3) is 0.238. The van der Waals surface area contributed by atoms with Crippen LogP contribution in [0.5, 0.6) is 0 Å². The summed E-state index contributed by atoms with van der Waals surface area (Å²) < 4.78 is 10.5. The molecule has 0 saturated carbocycles. The van der Waals surface area contributed by atoms with Crippen LogP contribution in [0.25, 0.3) is 11.0 Å². The number of amides is 1. The second-order valence-corrected chi connectivity index (χ2v) is 6.80. The van der Waals surface area contributed by atoms with E-state index in [0.29, 0.717) is 16.0 Å². The summed E-state index contributed by atoms with van der Waals surface area (Å²) in [5.41, 5.74) is 1.75. The number of halogens is 1. The van der Waals surface area contributed by atoms with Gasteiger partial charge in [0.2, 0.25) is 5.76 Å². The fourth-order valence-electron chi connectivity index (χ4n) is 2.73. The van der Waals surface area contributed by atoms with Crippen molar-refractivity contribution in [3.8, 4) is 0 Å². The Balaban J connectivity index is 1.45. The molecule has 0 bridgehead atoms. The highest BCUT2D eigenvalue weighted by atomic mass is 35.5. The number of ether oxygens (including phenoxy) is 1. The molecule has 0 aliphatic carbocycles. The van der Waals surface area contributed by atoms with Crippen LogP contribution in [-0.2, 0) is 16.0 Å². The third kappa shape index (κ3) is 5.34. The van der Waals surface area contributed by atoms with E-state index in [1.54, 1.807) is 24.3 Å². The minimum absolute atomic E-state index is 0.0234. The molecule has 0 spiro atoms. The number of fused-ring (bicyclic) bond motifs is 1. The van der Waals surface area contributed by atoms with Crippen molar-refractivity contribution in [2.75, 3.05) is 6.61 Å². The van der Waals surface area contributed by atoms with Gasteiger partial charge in [0.05, 0.1) is 0 Å². The molecule has 1 N–H and O–H groups in total. The summed E-state index contributed by atoms with van der Waals surface area (Å²) in [5, 5.41) is 4.08. The molecule has 1 atom stereocenters. The molecule has 0 aliphatic rings. The number of esters is 1. The van der Waals surface area contributed by atoms with Crippen LogP contribution in [0.4, 0.5) is 0 Å². The number of carbonyl (C=O) groups is 2. The van der Waals surface area contributed by atoms with Gasteiger partial charge in [-0.15, -0.1) is 0 Å². The second-order valence-electron chi connectivity index (χ2n) is 6.36. The predicted octanol–water partition coefficient (Wildman–Crippen LogP) is 4.38. The smallest absolute Gasteiger partial charge is 0.374 e. The van der Waals surface area contributed by atoms with Crippen LogP contribution in [0.1, 0.15) is 29.5 Å². The van der Waals surface area contributed by atoms with Crippen molar-refractivity contribution in [3.63, 3.8) is 0 Å². The van der Waals surface area contributed by atoms with E-state index in [2.05, 4.69) is 17.4 Å². The molecule has 1 aromatic heterocycles. The van der Waals surface area contributed by atoms with Gasteiger partial charge in [0.25, 0.3) is 5.91 Å². The van der Waals surface area contributed by atoms with Crippen LogP contribution in [0.15, 0.2) is 59.0 Å². The predicted molar refractivity (Wildman–Crippen MR) is 104 cm³/mol. The summed E-state index contributed by atoms with van der Waals surface area (Å²) in [6.07, 6.45) is 1.66. The van der Waals surface area contributed by atoms with Gasteiger partial charge in [0.15, 0.2) is 6.61 Å². The summed E-state index contributed by atoms with van der Waals surface area (Å²) in [4.78, 5) is 24.1. The second kappa shape index (κ2) is 8.73. The number of hydrogen-bond donors (Lipinski definition) is 1. The van der Waals surface area contributed by atoms with Crippen LogP contribution in [0.3, 0.4) is 0 Å². The molecule has 3 aromatic rings. The highest BCUT2D eigenvalue weighted by Gasteiger charge is 2.16. The number of hydrogen-bond acceptors (Lipinski definition) is 4. The third-order valence-corrected chi connectivity index (χ3v) is 4.37. The van der Waals surface area contributed by atoms with Crippen molar-refractivity contribution in [2.24, 2.45) is 0 Å². The Morgan fingerprint density at radius 2 is 1.93 bits per heavy atom. The lowest BCUT2D eigenvalue weighted by atomic mass is 10.1. The molecule has 0 aliphatic heterocycles. The Morgan fingerprint density at radius 3 is 2.70 bits per heavy atom. The zero-order valence-electron chi connectivity index (χ0n) is 14.9. The average molecular weight is 386 g/mol. The van der Waals surface area contributed by atoms with Crippen LogP contribution < -0.4 is 5.32 Å². The highest BCUT2D eigenvalue weighted by molar-refractivity contribution is 6.31. The zero-order chi connectivity index (χ0) is 19.2. The number of nitrogens with one attached hydrogen (secondary N) is 1. The van der Waals surface area contributed by atoms with Crippen molar-refractivity contribution in [1.82, 2.24) is 5.32 Å². The van der Waals surface area contributed by atoms with Gasteiger partial charge in [-0.3, -0.25) is 4.79 Å². The van der Waals surface area contributed by atoms with E-state index < -0.39 is 5.97 Å². The minimum atomic E-state index is -0.686. The van der Waals surface area contributed by atoms with E-state index in [-0.39, 0.29) is 24.3 Å². The molecule has 3 rings (SSSR count). The maximum atomic E-state index is 12.1. The minimum Gasteiger partial charge on any atom is -0.450 e. The first-order valence-corrected chi connectivity index (χ1v) is 9.08. The molecule has 1 amide bonds. The first kappa shape index (κ1) is 19.0. The van der Waals surface area contributed by atoms with Crippen LogP contribution in [0, 0.1) is 0 Å². The number of rotatable bonds is 7. The first-order valence-electron chi connectivity index (χ1n) is 8.71. The Morgan fingerprint density at radius 1 is 1.15 bits per heavy atom. The van der Waals surface area contributed by atoms with E-state index in [1.807, 2.05) is 25.1 Å². The Kier molecular flexibility index (Phi) is 6.14. The van der Waals surface area contributed by atoms with Gasteiger partial charge < -0.3 is 14.5 Å². The van der Waals surface area contributed by atoms with E-state index in [1.165, 1.54) is 5.56 Å². The number of carbonyl (C=O) groups excluding carboxylic acids is 2. The molecule has 140 valence electrons. The largest absolute Gasteiger partial charge is 0.450 e. The molecule has 0 saturated heterocycles. The van der Waals surface area contributed by atoms with E-state index in [9.17, 15) is 9.59 Å². The first-order chi connectivity index (χ1) is 13.0. The van der Waals surface area contributed by atoms with Crippen LogP contribution >= 0.6 is 11.6 Å². The quantitative estimate of drug-likeness (QED) is 0.613. The SMILES string of the molecule is C[C@H](CCc1ccccc1)NC(=O)COC(=O)c1cc2cc(Cl)ccc2o1. The van der Waals surface area contributed by atoms with Crippen molar-refractivity contribution in [3.05, 3.63) is 70.9 Å². The van der Waals surface area contributed by atoms with E-state index in [4.69, 9.17) is 20.8 Å². The normalized spacial score (nSPS) is 11.9. The molecule has 1 heterocycles. The van der Waals surface area contributed by atoms with Crippen LogP contribution in [0.2, 0.25) is 5.02 Å². The molecular weight excluding hydrogens is 366 g/mol. The molecule has 27 heavy (non-hydrogen) atoms. The van der Waals surface area contributed by atoms with Gasteiger partial charge in [-0.05, 0) is 49.6 Å². The number of furan rings is 1. The number of benzene rings is 2. The van der Waals surface area contributed by atoms with Crippen molar-refractivity contribution >= 4 is 34.4 Å². The third-order valence-electron chi connectivity index (χ3n) is 4.13. The molecule has 0 fully saturated rings. The van der Waals surface area contributed by atoms with Gasteiger partial charge >= 0.3 is 5.97 Å². The average Bonchev–Trinajstić information content (AvgIpc) is 3.08. The molecular formula is C21H20ClNO4. The maximum Gasteiger partial charge on any atom is 0.374 e. The van der Waals surface area contributed by atoms with Crippen molar-refractivity contribution in [1.29, 1.82) is 0 Å². The van der Waals surface area contributed by atoms with E-state index >= 15 is 0 Å². The zero-order valence-corrected chi connectivity index (χ0v) is 15.7. The molecule has 6 heteroatoms. The topological polar surface area (TPSA) is 68.5 Å². The molecule has 0 unspecified atom stereocenters. The Labute approximate surface area is 162 Å².